The first kappa shape index (κ1) is 14.1. The Morgan fingerprint density at radius 3 is 2.58 bits per heavy atom. The predicted octanol–water partition coefficient (Wildman–Crippen LogP) is 1.94. The summed E-state index contributed by atoms with van der Waals surface area (Å²) in [7, 11) is 0. The van der Waals surface area contributed by atoms with Gasteiger partial charge in [0.2, 0.25) is 11.8 Å². The van der Waals surface area contributed by atoms with Crippen LogP contribution >= 0.6 is 11.3 Å². The topological polar surface area (TPSA) is 49.4 Å². The van der Waals surface area contributed by atoms with Crippen LogP contribution in [0, 0.1) is 0 Å². The van der Waals surface area contributed by atoms with Crippen LogP contribution < -0.4 is 5.32 Å². The van der Waals surface area contributed by atoms with Gasteiger partial charge in [0.15, 0.2) is 0 Å². The van der Waals surface area contributed by atoms with Crippen LogP contribution in [0.25, 0.3) is 0 Å². The van der Waals surface area contributed by atoms with Crippen molar-refractivity contribution in [3.8, 4) is 0 Å². The molecular weight excluding hydrogens is 260 g/mol. The Kier molecular flexibility index (Phi) is 3.94. The largest absolute Gasteiger partial charge is 0.340 e. The van der Waals surface area contributed by atoms with E-state index >= 15 is 0 Å². The second-order valence-corrected chi connectivity index (χ2v) is 6.37. The molecular formula is C14H20N2O2S. The Labute approximate surface area is 117 Å². The van der Waals surface area contributed by atoms with Crippen molar-refractivity contribution < 1.29 is 9.59 Å². The molecule has 0 saturated carbocycles. The number of hydrogen-bond donors (Lipinski definition) is 1. The zero-order chi connectivity index (χ0) is 14.0. The Hall–Kier alpha value is -1.36. The molecule has 1 saturated heterocycles. The molecule has 1 unspecified atom stereocenters. The first-order valence-electron chi connectivity index (χ1n) is 6.66. The van der Waals surface area contributed by atoms with Gasteiger partial charge in [-0.3, -0.25) is 9.59 Å². The molecule has 2 heterocycles. The molecule has 1 aliphatic rings. The molecule has 1 aromatic heterocycles. The highest BCUT2D eigenvalue weighted by molar-refractivity contribution is 7.11. The summed E-state index contributed by atoms with van der Waals surface area (Å²) >= 11 is 1.71. The molecule has 1 N–H and O–H groups in total. The van der Waals surface area contributed by atoms with Crippen molar-refractivity contribution in [3.05, 3.63) is 21.9 Å². The third kappa shape index (κ3) is 2.81. The maximum Gasteiger partial charge on any atom is 0.248 e. The number of nitrogens with one attached hydrogen (secondary N) is 1. The summed E-state index contributed by atoms with van der Waals surface area (Å²) in [5.74, 6) is -0.0581. The van der Waals surface area contributed by atoms with Crippen molar-refractivity contribution in [2.24, 2.45) is 0 Å². The van der Waals surface area contributed by atoms with Crippen LogP contribution in [-0.4, -0.2) is 28.8 Å². The first-order valence-corrected chi connectivity index (χ1v) is 7.48. The molecule has 104 valence electrons. The van der Waals surface area contributed by atoms with Crippen LogP contribution in [0.5, 0.6) is 0 Å². The quantitative estimate of drug-likeness (QED) is 0.916. The van der Waals surface area contributed by atoms with E-state index in [0.29, 0.717) is 13.0 Å². The second-order valence-electron chi connectivity index (χ2n) is 5.12. The molecule has 0 radical (unpaired) electrons. The normalized spacial score (nSPS) is 23.6. The molecule has 1 aromatic rings. The van der Waals surface area contributed by atoms with E-state index in [9.17, 15) is 9.59 Å². The molecule has 1 fully saturated rings. The van der Waals surface area contributed by atoms with Crippen molar-refractivity contribution in [1.29, 1.82) is 0 Å². The minimum absolute atomic E-state index is 0.0149. The summed E-state index contributed by atoms with van der Waals surface area (Å²) in [6.45, 7) is 6.52. The molecule has 2 amide bonds. The number of nitrogens with zero attached hydrogens (tertiary/aromatic N) is 1. The number of aryl methyl sites for hydroxylation is 1. The first-order chi connectivity index (χ1) is 8.98. The average Bonchev–Trinajstić information content (AvgIpc) is 2.83. The van der Waals surface area contributed by atoms with Gasteiger partial charge in [0.1, 0.15) is 12.1 Å². The zero-order valence-electron chi connectivity index (χ0n) is 11.7. The maximum absolute atomic E-state index is 12.4. The third-order valence-corrected chi connectivity index (χ3v) is 4.84. The second kappa shape index (κ2) is 5.33. The van der Waals surface area contributed by atoms with Crippen molar-refractivity contribution in [2.45, 2.75) is 45.7 Å². The highest BCUT2D eigenvalue weighted by Gasteiger charge is 2.41. The van der Waals surface area contributed by atoms with Crippen molar-refractivity contribution in [2.75, 3.05) is 6.54 Å². The Morgan fingerprint density at radius 1 is 1.32 bits per heavy atom. The summed E-state index contributed by atoms with van der Waals surface area (Å²) in [6.07, 6.45) is 1.62. The lowest BCUT2D eigenvalue weighted by Crippen LogP contribution is -2.64. The summed E-state index contributed by atoms with van der Waals surface area (Å²) in [6, 6.07) is 4.14. The summed E-state index contributed by atoms with van der Waals surface area (Å²) < 4.78 is 0. The average molecular weight is 280 g/mol. The van der Waals surface area contributed by atoms with Crippen LogP contribution in [0.15, 0.2) is 12.1 Å². The maximum atomic E-state index is 12.4. The predicted molar refractivity (Wildman–Crippen MR) is 76.0 cm³/mol. The fraction of sp³-hybridized carbons (Fsp3) is 0.571. The molecule has 19 heavy (non-hydrogen) atoms. The van der Waals surface area contributed by atoms with Crippen LogP contribution in [-0.2, 0) is 22.6 Å². The van der Waals surface area contributed by atoms with Crippen molar-refractivity contribution in [1.82, 2.24) is 10.2 Å². The lowest BCUT2D eigenvalue weighted by atomic mass is 9.94. The molecule has 0 spiro atoms. The van der Waals surface area contributed by atoms with Crippen molar-refractivity contribution in [3.63, 3.8) is 0 Å². The molecule has 0 aromatic carbocycles. The van der Waals surface area contributed by atoms with Gasteiger partial charge in [-0.25, -0.2) is 0 Å². The summed E-state index contributed by atoms with van der Waals surface area (Å²) in [4.78, 5) is 28.3. The van der Waals surface area contributed by atoms with E-state index in [1.54, 1.807) is 23.2 Å². The Balaban J connectivity index is 2.14. The lowest BCUT2D eigenvalue weighted by molar-refractivity contribution is -0.149. The number of carbonyl (C=O) groups excluding carboxylic acids is 2. The summed E-state index contributed by atoms with van der Waals surface area (Å²) in [5, 5.41) is 2.80. The minimum atomic E-state index is -0.750. The Bertz CT molecular complexity index is 497. The molecule has 5 heteroatoms. The van der Waals surface area contributed by atoms with Gasteiger partial charge in [-0.05, 0) is 31.9 Å². The molecule has 0 bridgehead atoms. The van der Waals surface area contributed by atoms with E-state index in [4.69, 9.17) is 0 Å². The van der Waals surface area contributed by atoms with Crippen molar-refractivity contribution >= 4 is 23.2 Å². The zero-order valence-corrected chi connectivity index (χ0v) is 12.5. The smallest absolute Gasteiger partial charge is 0.248 e. The van der Waals surface area contributed by atoms with Gasteiger partial charge in [0.25, 0.3) is 0 Å². The van der Waals surface area contributed by atoms with Gasteiger partial charge in [0.05, 0.1) is 6.54 Å². The SMILES string of the molecule is CCc1ccc(CN2CC(=O)NC(C)(CC)C2=O)s1. The monoisotopic (exact) mass is 280 g/mol. The van der Waals surface area contributed by atoms with E-state index in [1.165, 1.54) is 4.88 Å². The van der Waals surface area contributed by atoms with Gasteiger partial charge < -0.3 is 10.2 Å². The van der Waals surface area contributed by atoms with Crippen LogP contribution in [0.4, 0.5) is 0 Å². The molecule has 0 aliphatic carbocycles. The van der Waals surface area contributed by atoms with Gasteiger partial charge in [-0.2, -0.15) is 0 Å². The van der Waals surface area contributed by atoms with E-state index in [2.05, 4.69) is 18.3 Å². The molecule has 1 atom stereocenters. The number of thiophene rings is 1. The van der Waals surface area contributed by atoms with E-state index in [1.807, 2.05) is 13.0 Å². The van der Waals surface area contributed by atoms with Gasteiger partial charge in [-0.1, -0.05) is 13.8 Å². The van der Waals surface area contributed by atoms with E-state index in [0.717, 1.165) is 11.3 Å². The summed E-state index contributed by atoms with van der Waals surface area (Å²) in [5.41, 5.74) is -0.750. The fourth-order valence-electron chi connectivity index (χ4n) is 2.25. The highest BCUT2D eigenvalue weighted by atomic mass is 32.1. The standard InChI is InChI=1S/C14H20N2O2S/c1-4-10-6-7-11(19-10)8-16-9-12(17)15-14(3,5-2)13(16)18/h6-7H,4-5,8-9H2,1-3H3,(H,15,17). The number of amides is 2. The number of hydrogen-bond acceptors (Lipinski definition) is 3. The number of piperazine rings is 1. The third-order valence-electron chi connectivity index (χ3n) is 3.63. The highest BCUT2D eigenvalue weighted by Crippen LogP contribution is 2.23. The van der Waals surface area contributed by atoms with E-state index in [-0.39, 0.29) is 18.4 Å². The van der Waals surface area contributed by atoms with Crippen LogP contribution in [0.1, 0.15) is 36.9 Å². The number of rotatable bonds is 4. The lowest BCUT2D eigenvalue weighted by Gasteiger charge is -2.39. The Morgan fingerprint density at radius 2 is 2.00 bits per heavy atom. The van der Waals surface area contributed by atoms with E-state index < -0.39 is 5.54 Å². The number of carbonyl (C=O) groups is 2. The van der Waals surface area contributed by atoms with Gasteiger partial charge in [0, 0.05) is 9.75 Å². The molecule has 1 aliphatic heterocycles. The van der Waals surface area contributed by atoms with Gasteiger partial charge >= 0.3 is 0 Å². The molecule has 2 rings (SSSR count). The fourth-order valence-corrected chi connectivity index (χ4v) is 3.22. The van der Waals surface area contributed by atoms with Gasteiger partial charge in [-0.15, -0.1) is 11.3 Å². The van der Waals surface area contributed by atoms with Crippen LogP contribution in [0.2, 0.25) is 0 Å². The molecule has 4 nitrogen and oxygen atoms in total. The van der Waals surface area contributed by atoms with Crippen LogP contribution in [0.3, 0.4) is 0 Å². The minimum Gasteiger partial charge on any atom is -0.340 e.